The molecule has 0 unspecified atom stereocenters. The number of carbonyl (C=O) groups is 1. The summed E-state index contributed by atoms with van der Waals surface area (Å²) in [5.41, 5.74) is 2.50. The lowest BCUT2D eigenvalue weighted by Crippen LogP contribution is -2.14. The second kappa shape index (κ2) is 7.85. The van der Waals surface area contributed by atoms with Crippen LogP contribution in [0.25, 0.3) is 5.82 Å². The molecule has 0 saturated carbocycles. The van der Waals surface area contributed by atoms with Gasteiger partial charge in [0, 0.05) is 36.0 Å². The van der Waals surface area contributed by atoms with Crippen LogP contribution in [0.1, 0.15) is 22.0 Å². The lowest BCUT2D eigenvalue weighted by molar-refractivity contribution is 0.102. The molecule has 2 N–H and O–H groups in total. The van der Waals surface area contributed by atoms with Crippen LogP contribution in [0.2, 0.25) is 0 Å². The first kappa shape index (κ1) is 18.2. The fraction of sp³-hybridized carbons (Fsp3) is 0.100. The number of carbonyl (C=O) groups excluding carboxylic acids is 1. The lowest BCUT2D eigenvalue weighted by atomic mass is 10.2. The molecule has 1 aromatic carbocycles. The molecule has 3 aromatic heterocycles. The van der Waals surface area contributed by atoms with Crippen LogP contribution in [-0.4, -0.2) is 35.4 Å². The first-order valence-electron chi connectivity index (χ1n) is 8.88. The topological polar surface area (TPSA) is 111 Å². The maximum Gasteiger partial charge on any atom is 0.275 e. The molecule has 9 nitrogen and oxygen atoms in total. The third-order valence-corrected chi connectivity index (χ3v) is 4.02. The SMILES string of the molecule is Cc1cnc(C(=O)Nc2ccc(Nc3cc(-n4ccnc4)nc(C)n3)cc2)cn1. The zero-order chi connectivity index (χ0) is 20.2. The van der Waals surface area contributed by atoms with E-state index in [9.17, 15) is 4.79 Å². The minimum atomic E-state index is -0.311. The van der Waals surface area contributed by atoms with Gasteiger partial charge in [-0.2, -0.15) is 0 Å². The third kappa shape index (κ3) is 4.41. The molecule has 1 amide bonds. The summed E-state index contributed by atoms with van der Waals surface area (Å²) in [6.45, 7) is 3.65. The predicted molar refractivity (Wildman–Crippen MR) is 108 cm³/mol. The Morgan fingerprint density at radius 1 is 1.00 bits per heavy atom. The van der Waals surface area contributed by atoms with Gasteiger partial charge in [0.2, 0.25) is 0 Å². The van der Waals surface area contributed by atoms with E-state index >= 15 is 0 Å². The molecular weight excluding hydrogens is 368 g/mol. The van der Waals surface area contributed by atoms with Crippen LogP contribution in [0, 0.1) is 13.8 Å². The van der Waals surface area contributed by atoms with Crippen LogP contribution < -0.4 is 10.6 Å². The standard InChI is InChI=1S/C20H18N8O/c1-13-10-23-17(11-22-13)20(29)27-16-5-3-15(4-6-16)26-18-9-19(25-14(2)24-18)28-8-7-21-12-28/h3-12H,1-2H3,(H,27,29)(H,24,25,26). The maximum atomic E-state index is 12.2. The van der Waals surface area contributed by atoms with E-state index in [1.807, 2.05) is 42.8 Å². The Morgan fingerprint density at radius 2 is 1.79 bits per heavy atom. The summed E-state index contributed by atoms with van der Waals surface area (Å²) in [7, 11) is 0. The first-order chi connectivity index (χ1) is 14.1. The van der Waals surface area contributed by atoms with Crippen molar-refractivity contribution in [2.24, 2.45) is 0 Å². The molecule has 0 atom stereocenters. The Balaban J connectivity index is 1.46. The third-order valence-electron chi connectivity index (χ3n) is 4.02. The van der Waals surface area contributed by atoms with E-state index in [1.165, 1.54) is 6.20 Å². The number of aryl methyl sites for hydroxylation is 2. The van der Waals surface area contributed by atoms with E-state index in [1.54, 1.807) is 30.9 Å². The van der Waals surface area contributed by atoms with E-state index in [2.05, 4.69) is 35.6 Å². The van der Waals surface area contributed by atoms with Gasteiger partial charge in [-0.3, -0.25) is 14.3 Å². The van der Waals surface area contributed by atoms with Crippen molar-refractivity contribution in [3.05, 3.63) is 78.7 Å². The van der Waals surface area contributed by atoms with Gasteiger partial charge in [-0.15, -0.1) is 0 Å². The molecule has 0 aliphatic heterocycles. The molecule has 9 heteroatoms. The van der Waals surface area contributed by atoms with Crippen LogP contribution in [0.4, 0.5) is 17.2 Å². The molecule has 29 heavy (non-hydrogen) atoms. The molecule has 0 spiro atoms. The quantitative estimate of drug-likeness (QED) is 0.542. The van der Waals surface area contributed by atoms with E-state index < -0.39 is 0 Å². The monoisotopic (exact) mass is 386 g/mol. The Hall–Kier alpha value is -4.14. The molecular formula is C20H18N8O. The average Bonchev–Trinajstić information content (AvgIpc) is 3.24. The smallest absolute Gasteiger partial charge is 0.275 e. The molecule has 144 valence electrons. The highest BCUT2D eigenvalue weighted by Crippen LogP contribution is 2.19. The Kier molecular flexibility index (Phi) is 4.93. The van der Waals surface area contributed by atoms with Gasteiger partial charge in [0.25, 0.3) is 5.91 Å². The van der Waals surface area contributed by atoms with Crippen LogP contribution in [0.15, 0.2) is 61.4 Å². The molecule has 0 fully saturated rings. The fourth-order valence-electron chi connectivity index (χ4n) is 2.63. The van der Waals surface area contributed by atoms with Crippen molar-refractivity contribution >= 4 is 23.1 Å². The molecule has 0 aliphatic rings. The van der Waals surface area contributed by atoms with Crippen molar-refractivity contribution in [3.63, 3.8) is 0 Å². The van der Waals surface area contributed by atoms with Gasteiger partial charge in [-0.05, 0) is 38.1 Å². The van der Waals surface area contributed by atoms with Gasteiger partial charge >= 0.3 is 0 Å². The Morgan fingerprint density at radius 3 is 2.48 bits per heavy atom. The van der Waals surface area contributed by atoms with E-state index in [-0.39, 0.29) is 11.6 Å². The van der Waals surface area contributed by atoms with Crippen molar-refractivity contribution in [2.45, 2.75) is 13.8 Å². The summed E-state index contributed by atoms with van der Waals surface area (Å²) >= 11 is 0. The number of imidazole rings is 1. The molecule has 0 bridgehead atoms. The molecule has 4 aromatic rings. The summed E-state index contributed by atoms with van der Waals surface area (Å²) < 4.78 is 1.81. The normalized spacial score (nSPS) is 10.6. The average molecular weight is 386 g/mol. The van der Waals surface area contributed by atoms with Gasteiger partial charge in [0.1, 0.15) is 29.5 Å². The highest BCUT2D eigenvalue weighted by molar-refractivity contribution is 6.02. The summed E-state index contributed by atoms with van der Waals surface area (Å²) in [6.07, 6.45) is 8.21. The van der Waals surface area contributed by atoms with Gasteiger partial charge in [-0.25, -0.2) is 19.9 Å². The van der Waals surface area contributed by atoms with Gasteiger partial charge < -0.3 is 10.6 Å². The van der Waals surface area contributed by atoms with Crippen molar-refractivity contribution in [1.82, 2.24) is 29.5 Å². The highest BCUT2D eigenvalue weighted by atomic mass is 16.1. The zero-order valence-electron chi connectivity index (χ0n) is 15.9. The van der Waals surface area contributed by atoms with E-state index in [0.717, 1.165) is 17.2 Å². The minimum absolute atomic E-state index is 0.265. The number of aromatic nitrogens is 6. The van der Waals surface area contributed by atoms with Crippen LogP contribution in [0.3, 0.4) is 0 Å². The summed E-state index contributed by atoms with van der Waals surface area (Å²) in [5, 5.41) is 6.05. The molecule has 0 radical (unpaired) electrons. The predicted octanol–water partition coefficient (Wildman–Crippen LogP) is 3.07. The highest BCUT2D eigenvalue weighted by Gasteiger charge is 2.08. The second-order valence-electron chi connectivity index (χ2n) is 6.33. The van der Waals surface area contributed by atoms with Crippen LogP contribution in [-0.2, 0) is 0 Å². The van der Waals surface area contributed by atoms with Crippen LogP contribution >= 0.6 is 0 Å². The van der Waals surface area contributed by atoms with Crippen molar-refractivity contribution < 1.29 is 4.79 Å². The van der Waals surface area contributed by atoms with E-state index in [0.29, 0.717) is 17.3 Å². The number of hydrogen-bond acceptors (Lipinski definition) is 7. The summed E-state index contributed by atoms with van der Waals surface area (Å²) in [5.74, 6) is 1.71. The fourth-order valence-corrected chi connectivity index (χ4v) is 2.63. The van der Waals surface area contributed by atoms with Crippen molar-refractivity contribution in [1.29, 1.82) is 0 Å². The number of rotatable bonds is 5. The second-order valence-corrected chi connectivity index (χ2v) is 6.33. The van der Waals surface area contributed by atoms with Crippen molar-refractivity contribution in [3.8, 4) is 5.82 Å². The number of amides is 1. The van der Waals surface area contributed by atoms with Gasteiger partial charge in [0.05, 0.1) is 11.9 Å². The minimum Gasteiger partial charge on any atom is -0.340 e. The summed E-state index contributed by atoms with van der Waals surface area (Å²) in [6, 6.07) is 9.13. The van der Waals surface area contributed by atoms with E-state index in [4.69, 9.17) is 0 Å². The number of hydrogen-bond donors (Lipinski definition) is 2. The lowest BCUT2D eigenvalue weighted by Gasteiger charge is -2.10. The molecule has 4 rings (SSSR count). The number of anilines is 3. The van der Waals surface area contributed by atoms with Crippen LogP contribution in [0.5, 0.6) is 0 Å². The summed E-state index contributed by atoms with van der Waals surface area (Å²) in [4.78, 5) is 33.3. The Labute approximate surface area is 166 Å². The van der Waals surface area contributed by atoms with Gasteiger partial charge in [0.15, 0.2) is 0 Å². The largest absolute Gasteiger partial charge is 0.340 e. The number of nitrogens with one attached hydrogen (secondary N) is 2. The maximum absolute atomic E-state index is 12.2. The van der Waals surface area contributed by atoms with Crippen molar-refractivity contribution in [2.75, 3.05) is 10.6 Å². The zero-order valence-corrected chi connectivity index (χ0v) is 15.9. The Bertz CT molecular complexity index is 1120. The first-order valence-corrected chi connectivity index (χ1v) is 8.88. The van der Waals surface area contributed by atoms with Gasteiger partial charge in [-0.1, -0.05) is 0 Å². The molecule has 0 saturated heterocycles. The number of benzene rings is 1. The molecule has 0 aliphatic carbocycles. The number of nitrogens with zero attached hydrogens (tertiary/aromatic N) is 6. The molecule has 3 heterocycles.